The number of hydrogen-bond acceptors (Lipinski definition) is 5. The zero-order valence-corrected chi connectivity index (χ0v) is 14.2. The molecule has 0 radical (unpaired) electrons. The second kappa shape index (κ2) is 6.78. The molecule has 0 aromatic carbocycles. The van der Waals surface area contributed by atoms with Gasteiger partial charge in [-0.2, -0.15) is 0 Å². The summed E-state index contributed by atoms with van der Waals surface area (Å²) in [6.07, 6.45) is 7.71. The second-order valence-electron chi connectivity index (χ2n) is 6.25. The van der Waals surface area contributed by atoms with E-state index in [2.05, 4.69) is 15.2 Å². The monoisotopic (exact) mass is 344 g/mol. The quantitative estimate of drug-likeness (QED) is 0.773. The molecule has 1 amide bonds. The molecule has 0 unspecified atom stereocenters. The van der Waals surface area contributed by atoms with Crippen molar-refractivity contribution in [3.63, 3.8) is 0 Å². The minimum Gasteiger partial charge on any atom is -0.468 e. The van der Waals surface area contributed by atoms with Crippen LogP contribution in [-0.2, 0) is 6.54 Å². The van der Waals surface area contributed by atoms with E-state index in [1.165, 1.54) is 11.3 Å². The maximum Gasteiger partial charge on any atom is 0.271 e. The summed E-state index contributed by atoms with van der Waals surface area (Å²) in [4.78, 5) is 19.9. The number of carbonyl (C=O) groups excluding carboxylic acids is 1. The molecule has 1 N–H and O–H groups in total. The van der Waals surface area contributed by atoms with Crippen LogP contribution in [0.15, 0.2) is 40.6 Å². The lowest BCUT2D eigenvalue weighted by molar-refractivity contribution is 0.0924. The zero-order valence-electron chi connectivity index (χ0n) is 13.4. The molecule has 24 heavy (non-hydrogen) atoms. The first-order chi connectivity index (χ1) is 11.8. The highest BCUT2D eigenvalue weighted by atomic mass is 32.1. The lowest BCUT2D eigenvalue weighted by Crippen LogP contribution is -2.40. The second-order valence-corrected chi connectivity index (χ2v) is 7.12. The lowest BCUT2D eigenvalue weighted by atomic mass is 9.98. The van der Waals surface area contributed by atoms with E-state index in [-0.39, 0.29) is 5.91 Å². The summed E-state index contributed by atoms with van der Waals surface area (Å²) < 4.78 is 7.31. The van der Waals surface area contributed by atoms with Crippen molar-refractivity contribution in [2.24, 2.45) is 5.92 Å². The van der Waals surface area contributed by atoms with Crippen molar-refractivity contribution < 1.29 is 9.21 Å². The Bertz CT molecular complexity index is 779. The van der Waals surface area contributed by atoms with Gasteiger partial charge in [0.1, 0.15) is 11.5 Å². The Morgan fingerprint density at radius 3 is 3.29 bits per heavy atom. The van der Waals surface area contributed by atoms with Crippen LogP contribution in [0.1, 0.15) is 29.1 Å². The van der Waals surface area contributed by atoms with Gasteiger partial charge in [0.05, 0.1) is 12.8 Å². The van der Waals surface area contributed by atoms with Crippen LogP contribution in [-0.4, -0.2) is 39.8 Å². The Morgan fingerprint density at radius 2 is 2.46 bits per heavy atom. The van der Waals surface area contributed by atoms with Crippen LogP contribution >= 0.6 is 11.3 Å². The molecular formula is C17H20N4O2S. The van der Waals surface area contributed by atoms with E-state index in [4.69, 9.17) is 4.42 Å². The molecule has 0 spiro atoms. The Kier molecular flexibility index (Phi) is 4.36. The zero-order chi connectivity index (χ0) is 16.4. The first kappa shape index (κ1) is 15.4. The van der Waals surface area contributed by atoms with Gasteiger partial charge >= 0.3 is 0 Å². The minimum absolute atomic E-state index is 0.0888. The number of rotatable bonds is 5. The number of thiazole rings is 1. The third kappa shape index (κ3) is 3.37. The van der Waals surface area contributed by atoms with Crippen molar-refractivity contribution in [2.75, 3.05) is 19.6 Å². The minimum atomic E-state index is -0.0888. The molecule has 0 bridgehead atoms. The molecule has 1 atom stereocenters. The van der Waals surface area contributed by atoms with Crippen molar-refractivity contribution in [3.05, 3.63) is 47.6 Å². The molecule has 0 aliphatic carbocycles. The fraction of sp³-hybridized carbons (Fsp3) is 0.412. The highest BCUT2D eigenvalue weighted by Crippen LogP contribution is 2.18. The predicted octanol–water partition coefficient (Wildman–Crippen LogP) is 2.63. The molecule has 4 rings (SSSR count). The average Bonchev–Trinajstić information content (AvgIpc) is 3.29. The van der Waals surface area contributed by atoms with Crippen molar-refractivity contribution in [1.82, 2.24) is 19.6 Å². The largest absolute Gasteiger partial charge is 0.468 e. The lowest BCUT2D eigenvalue weighted by Gasteiger charge is -2.32. The van der Waals surface area contributed by atoms with Gasteiger partial charge in [-0.15, -0.1) is 11.3 Å². The van der Waals surface area contributed by atoms with Gasteiger partial charge < -0.3 is 9.73 Å². The number of fused-ring (bicyclic) bond motifs is 1. The smallest absolute Gasteiger partial charge is 0.271 e. The van der Waals surface area contributed by atoms with Gasteiger partial charge in [-0.3, -0.25) is 14.1 Å². The summed E-state index contributed by atoms with van der Waals surface area (Å²) in [5.74, 6) is 1.38. The number of imidazole rings is 1. The topological polar surface area (TPSA) is 62.8 Å². The average molecular weight is 344 g/mol. The fourth-order valence-corrected chi connectivity index (χ4v) is 3.95. The van der Waals surface area contributed by atoms with Crippen LogP contribution in [0.2, 0.25) is 0 Å². The summed E-state index contributed by atoms with van der Waals surface area (Å²) in [6, 6.07) is 3.93. The van der Waals surface area contributed by atoms with E-state index in [1.807, 2.05) is 28.1 Å². The number of nitrogens with one attached hydrogen (secondary N) is 1. The first-order valence-electron chi connectivity index (χ1n) is 8.23. The number of nitrogens with zero attached hydrogens (tertiary/aromatic N) is 3. The summed E-state index contributed by atoms with van der Waals surface area (Å²) in [7, 11) is 0. The molecule has 1 aliphatic rings. The third-order valence-corrected chi connectivity index (χ3v) is 5.21. The van der Waals surface area contributed by atoms with E-state index in [0.29, 0.717) is 18.2 Å². The molecule has 6 nitrogen and oxygen atoms in total. The van der Waals surface area contributed by atoms with Gasteiger partial charge in [0.15, 0.2) is 4.96 Å². The molecule has 7 heteroatoms. The number of likely N-dealkylation sites (tertiary alicyclic amines) is 1. The van der Waals surface area contributed by atoms with Crippen molar-refractivity contribution >= 4 is 22.2 Å². The maximum absolute atomic E-state index is 12.3. The number of piperidine rings is 1. The van der Waals surface area contributed by atoms with Gasteiger partial charge in [-0.25, -0.2) is 4.98 Å². The van der Waals surface area contributed by atoms with Crippen LogP contribution < -0.4 is 5.32 Å². The molecular weight excluding hydrogens is 324 g/mol. The molecule has 3 aromatic heterocycles. The number of carbonyl (C=O) groups is 1. The molecule has 1 fully saturated rings. The van der Waals surface area contributed by atoms with Crippen molar-refractivity contribution in [1.29, 1.82) is 0 Å². The maximum atomic E-state index is 12.3. The summed E-state index contributed by atoms with van der Waals surface area (Å²) in [6.45, 7) is 3.61. The summed E-state index contributed by atoms with van der Waals surface area (Å²) >= 11 is 1.53. The summed E-state index contributed by atoms with van der Waals surface area (Å²) in [5, 5.41) is 5.00. The van der Waals surface area contributed by atoms with E-state index in [9.17, 15) is 4.79 Å². The Hall–Kier alpha value is -2.12. The Balaban J connectivity index is 1.30. The standard InChI is InChI=1S/C17H20N4O2S/c22-16(15-12-21-6-8-24-17(21)19-15)18-9-13-3-1-5-20(10-13)11-14-4-2-7-23-14/h2,4,6-8,12-13H,1,3,5,9-11H2,(H,18,22)/t13-/m1/s1. The van der Waals surface area contributed by atoms with Gasteiger partial charge in [0, 0.05) is 30.9 Å². The van der Waals surface area contributed by atoms with Gasteiger partial charge in [-0.05, 0) is 37.4 Å². The number of aromatic nitrogens is 2. The molecule has 1 saturated heterocycles. The van der Waals surface area contributed by atoms with Crippen LogP contribution in [0.25, 0.3) is 4.96 Å². The molecule has 126 valence electrons. The fourth-order valence-electron chi connectivity index (χ4n) is 3.25. The first-order valence-corrected chi connectivity index (χ1v) is 9.11. The highest BCUT2D eigenvalue weighted by molar-refractivity contribution is 7.15. The Morgan fingerprint density at radius 1 is 1.50 bits per heavy atom. The van der Waals surface area contributed by atoms with Gasteiger partial charge in [-0.1, -0.05) is 0 Å². The van der Waals surface area contributed by atoms with E-state index in [0.717, 1.165) is 43.2 Å². The number of furan rings is 1. The highest BCUT2D eigenvalue weighted by Gasteiger charge is 2.21. The van der Waals surface area contributed by atoms with Crippen molar-refractivity contribution in [2.45, 2.75) is 19.4 Å². The normalized spacial score (nSPS) is 18.9. The van der Waals surface area contributed by atoms with Gasteiger partial charge in [0.25, 0.3) is 5.91 Å². The van der Waals surface area contributed by atoms with Crippen LogP contribution in [0.5, 0.6) is 0 Å². The SMILES string of the molecule is O=C(NC[C@H]1CCCN(Cc2ccco2)C1)c1cn2ccsc2n1. The van der Waals surface area contributed by atoms with Crippen LogP contribution in [0.4, 0.5) is 0 Å². The molecule has 3 aromatic rings. The van der Waals surface area contributed by atoms with E-state index in [1.54, 1.807) is 12.5 Å². The summed E-state index contributed by atoms with van der Waals surface area (Å²) in [5.41, 5.74) is 0.491. The Labute approximate surface area is 144 Å². The number of amides is 1. The predicted molar refractivity (Wildman–Crippen MR) is 92.1 cm³/mol. The third-order valence-electron chi connectivity index (χ3n) is 4.44. The van der Waals surface area contributed by atoms with E-state index < -0.39 is 0 Å². The van der Waals surface area contributed by atoms with E-state index >= 15 is 0 Å². The van der Waals surface area contributed by atoms with Crippen LogP contribution in [0, 0.1) is 5.92 Å². The molecule has 0 saturated carbocycles. The van der Waals surface area contributed by atoms with Crippen molar-refractivity contribution in [3.8, 4) is 0 Å². The number of hydrogen-bond donors (Lipinski definition) is 1. The van der Waals surface area contributed by atoms with Crippen LogP contribution in [0.3, 0.4) is 0 Å². The molecule has 4 heterocycles. The van der Waals surface area contributed by atoms with Gasteiger partial charge in [0.2, 0.25) is 0 Å². The molecule has 1 aliphatic heterocycles.